The van der Waals surface area contributed by atoms with Crippen LogP contribution < -0.4 is 9.47 Å². The Balaban J connectivity index is 1.07. The van der Waals surface area contributed by atoms with Gasteiger partial charge in [0, 0.05) is 54.1 Å². The molecule has 5 atom stereocenters. The molecule has 2 saturated carbocycles. The summed E-state index contributed by atoms with van der Waals surface area (Å²) in [5, 5.41) is 11.6. The molecule has 1 N–H and O–H groups in total. The predicted octanol–water partition coefficient (Wildman–Crippen LogP) is 8.68. The van der Waals surface area contributed by atoms with Crippen molar-refractivity contribution in [1.29, 1.82) is 0 Å². The largest absolute Gasteiger partial charge is 0.508 e. The van der Waals surface area contributed by atoms with Crippen molar-refractivity contribution in [3.8, 4) is 17.2 Å². The molecule has 276 valence electrons. The van der Waals surface area contributed by atoms with Crippen LogP contribution in [0, 0.1) is 11.8 Å². The zero-order valence-corrected chi connectivity index (χ0v) is 31.2. The van der Waals surface area contributed by atoms with Gasteiger partial charge in [-0.25, -0.2) is 0 Å². The van der Waals surface area contributed by atoms with Crippen LogP contribution in [0.4, 0.5) is 0 Å². The summed E-state index contributed by atoms with van der Waals surface area (Å²) in [5.74, 6) is 3.26. The number of benzene rings is 4. The Morgan fingerprint density at radius 3 is 2.30 bits per heavy atom. The summed E-state index contributed by atoms with van der Waals surface area (Å²) in [7, 11) is 1.68. The topological polar surface area (TPSA) is 62.2 Å². The van der Waals surface area contributed by atoms with Crippen molar-refractivity contribution in [3.63, 3.8) is 0 Å². The molecule has 53 heavy (non-hydrogen) atoms. The smallest absolute Gasteiger partial charge is 0.222 e. The van der Waals surface area contributed by atoms with Gasteiger partial charge in [-0.1, -0.05) is 97.4 Å². The number of amides is 1. The van der Waals surface area contributed by atoms with Gasteiger partial charge in [-0.3, -0.25) is 9.69 Å². The van der Waals surface area contributed by atoms with E-state index in [0.29, 0.717) is 36.4 Å². The Kier molecular flexibility index (Phi) is 9.44. The normalized spacial score (nSPS) is 25.5. The van der Waals surface area contributed by atoms with E-state index in [0.717, 1.165) is 81.7 Å². The highest BCUT2D eigenvalue weighted by Gasteiger charge is 2.67. The van der Waals surface area contributed by atoms with E-state index in [-0.39, 0.29) is 29.4 Å². The highest BCUT2D eigenvalue weighted by atomic mass is 16.5. The number of unbranched alkanes of at least 4 members (excludes halogenated alkanes) is 2. The maximum absolute atomic E-state index is 14.9. The number of methoxy groups -OCH3 is 1. The first-order valence-electron chi connectivity index (χ1n) is 20.3. The first kappa shape index (κ1) is 34.5. The Bertz CT molecular complexity index is 1860. The summed E-state index contributed by atoms with van der Waals surface area (Å²) in [5.41, 5.74) is 5.79. The summed E-state index contributed by atoms with van der Waals surface area (Å²) >= 11 is 0. The van der Waals surface area contributed by atoms with E-state index in [1.165, 1.54) is 35.1 Å². The lowest BCUT2D eigenvalue weighted by Gasteiger charge is -2.60. The molecule has 2 aliphatic heterocycles. The molecule has 1 saturated heterocycles. The number of hydrogen-bond donors (Lipinski definition) is 1. The van der Waals surface area contributed by atoms with Crippen LogP contribution in [0.25, 0.3) is 0 Å². The van der Waals surface area contributed by atoms with Crippen molar-refractivity contribution in [1.82, 2.24) is 9.80 Å². The number of likely N-dealkylation sites (tertiary alicyclic amines) is 1. The van der Waals surface area contributed by atoms with Crippen LogP contribution >= 0.6 is 0 Å². The van der Waals surface area contributed by atoms with Crippen molar-refractivity contribution in [3.05, 3.63) is 125 Å². The molecule has 4 aromatic rings. The molecule has 1 spiro atoms. The minimum Gasteiger partial charge on any atom is -0.508 e. The number of aryl methyl sites for hydroxylation is 1. The molecule has 6 heteroatoms. The van der Waals surface area contributed by atoms with Crippen molar-refractivity contribution < 1.29 is 19.4 Å². The van der Waals surface area contributed by atoms with Crippen LogP contribution in [0.5, 0.6) is 17.2 Å². The molecule has 9 rings (SSSR count). The number of phenols is 1. The Labute approximate surface area is 315 Å². The fraction of sp³-hybridized carbons (Fsp3) is 0.468. The molecule has 0 radical (unpaired) electrons. The monoisotopic (exact) mass is 710 g/mol. The minimum absolute atomic E-state index is 0.0343. The SMILES string of the molecule is COc1cc(O)c2c3c1O[C@H]1[C@@H](N(CC(c4ccccc4)c4ccccc4)C(=O)CCCCCc4ccccc4)CC[C@H]4[C@@H](C2)N(CC2CC2)CC[C@@]341. The van der Waals surface area contributed by atoms with Crippen LogP contribution in [-0.4, -0.2) is 65.7 Å². The summed E-state index contributed by atoms with van der Waals surface area (Å²) < 4.78 is 13.2. The number of carbonyl (C=O) groups excluding carboxylic acids is 1. The third kappa shape index (κ3) is 6.31. The summed E-state index contributed by atoms with van der Waals surface area (Å²) in [6.07, 6.45) is 10.8. The summed E-state index contributed by atoms with van der Waals surface area (Å²) in [6, 6.07) is 34.2. The maximum Gasteiger partial charge on any atom is 0.222 e. The average Bonchev–Trinajstić information content (AvgIpc) is 3.96. The van der Waals surface area contributed by atoms with Gasteiger partial charge < -0.3 is 19.5 Å². The van der Waals surface area contributed by atoms with Gasteiger partial charge in [-0.2, -0.15) is 0 Å². The molecule has 2 heterocycles. The number of nitrogens with zero attached hydrogens (tertiary/aromatic N) is 2. The van der Waals surface area contributed by atoms with Gasteiger partial charge in [0.2, 0.25) is 5.91 Å². The van der Waals surface area contributed by atoms with Crippen molar-refractivity contribution in [2.75, 3.05) is 26.7 Å². The highest BCUT2D eigenvalue weighted by Crippen LogP contribution is 2.66. The second kappa shape index (κ2) is 14.5. The van der Waals surface area contributed by atoms with E-state index in [1.807, 2.05) is 0 Å². The van der Waals surface area contributed by atoms with E-state index in [4.69, 9.17) is 9.47 Å². The molecule has 0 aromatic heterocycles. The second-order valence-electron chi connectivity index (χ2n) is 16.5. The van der Waals surface area contributed by atoms with Gasteiger partial charge in [0.05, 0.1) is 13.2 Å². The molecule has 1 amide bonds. The molecule has 2 bridgehead atoms. The molecule has 5 aliphatic rings. The molecule has 6 nitrogen and oxygen atoms in total. The van der Waals surface area contributed by atoms with Gasteiger partial charge in [0.25, 0.3) is 0 Å². The fourth-order valence-corrected chi connectivity index (χ4v) is 10.9. The zero-order valence-electron chi connectivity index (χ0n) is 31.2. The van der Waals surface area contributed by atoms with Gasteiger partial charge in [0.1, 0.15) is 11.9 Å². The Hall–Kier alpha value is -4.29. The molecular weight excluding hydrogens is 657 g/mol. The van der Waals surface area contributed by atoms with E-state index in [1.54, 1.807) is 13.2 Å². The van der Waals surface area contributed by atoms with Crippen molar-refractivity contribution in [2.45, 2.75) is 100 Å². The van der Waals surface area contributed by atoms with Crippen LogP contribution in [0.15, 0.2) is 97.1 Å². The van der Waals surface area contributed by atoms with E-state index in [2.05, 4.69) is 101 Å². The van der Waals surface area contributed by atoms with E-state index >= 15 is 0 Å². The quantitative estimate of drug-likeness (QED) is 0.133. The molecule has 0 unspecified atom stereocenters. The predicted molar refractivity (Wildman–Crippen MR) is 209 cm³/mol. The van der Waals surface area contributed by atoms with Crippen molar-refractivity contribution in [2.24, 2.45) is 11.8 Å². The van der Waals surface area contributed by atoms with Crippen LogP contribution in [0.2, 0.25) is 0 Å². The van der Waals surface area contributed by atoms with Crippen LogP contribution in [-0.2, 0) is 23.1 Å². The molecule has 3 fully saturated rings. The van der Waals surface area contributed by atoms with Gasteiger partial charge in [0.15, 0.2) is 11.5 Å². The van der Waals surface area contributed by atoms with E-state index < -0.39 is 0 Å². The standard InChI is InChI=1S/C47H54N2O4/c1-52-42-29-41(50)36-28-40-38-24-25-39(46-47(38,44(36)45(42)53-46)26-27-48(40)30-33-22-23-33)49(43(51)21-13-3-8-16-32-14-6-2-7-15-32)31-37(34-17-9-4-10-18-34)35-19-11-5-12-20-35/h2,4-7,9-12,14-15,17-20,29,33,37-40,46,50H,3,8,13,16,21-28,30-31H2,1H3/t38-,39-,40+,46-,47-/m0/s1. The number of aromatic hydroxyl groups is 1. The zero-order chi connectivity index (χ0) is 35.9. The number of phenolic OH excluding ortho intramolecular Hbond substituents is 1. The summed E-state index contributed by atoms with van der Waals surface area (Å²) in [4.78, 5) is 19.9. The highest BCUT2D eigenvalue weighted by molar-refractivity contribution is 5.77. The van der Waals surface area contributed by atoms with E-state index in [9.17, 15) is 9.90 Å². The lowest BCUT2D eigenvalue weighted by molar-refractivity contribution is -0.143. The number of piperidine rings is 1. The fourth-order valence-electron chi connectivity index (χ4n) is 10.9. The van der Waals surface area contributed by atoms with Gasteiger partial charge >= 0.3 is 0 Å². The van der Waals surface area contributed by atoms with Gasteiger partial charge in [-0.15, -0.1) is 0 Å². The second-order valence-corrected chi connectivity index (χ2v) is 16.5. The summed E-state index contributed by atoms with van der Waals surface area (Å²) in [6.45, 7) is 2.80. The third-order valence-corrected chi connectivity index (χ3v) is 13.6. The molecular formula is C47H54N2O4. The number of rotatable bonds is 14. The first-order valence-corrected chi connectivity index (χ1v) is 20.3. The number of carbonyl (C=O) groups is 1. The number of ether oxygens (including phenoxy) is 2. The Morgan fingerprint density at radius 1 is 0.925 bits per heavy atom. The van der Waals surface area contributed by atoms with Crippen molar-refractivity contribution >= 4 is 5.91 Å². The Morgan fingerprint density at radius 2 is 1.62 bits per heavy atom. The lowest BCUT2D eigenvalue weighted by Crippen LogP contribution is -2.69. The minimum atomic E-state index is -0.258. The molecule has 3 aliphatic carbocycles. The van der Waals surface area contributed by atoms with Gasteiger partial charge in [-0.05, 0) is 92.9 Å². The van der Waals surface area contributed by atoms with Crippen LogP contribution in [0.1, 0.15) is 91.5 Å². The lowest BCUT2D eigenvalue weighted by atomic mass is 9.50. The first-order chi connectivity index (χ1) is 26.0. The average molecular weight is 711 g/mol. The number of hydrogen-bond acceptors (Lipinski definition) is 5. The molecule has 4 aromatic carbocycles. The maximum atomic E-state index is 14.9. The van der Waals surface area contributed by atoms with Crippen LogP contribution in [0.3, 0.4) is 0 Å². The third-order valence-electron chi connectivity index (χ3n) is 13.6.